The van der Waals surface area contributed by atoms with Gasteiger partial charge in [-0.25, -0.2) is 0 Å². The van der Waals surface area contributed by atoms with Crippen molar-refractivity contribution >= 4 is 0 Å². The zero-order chi connectivity index (χ0) is 8.89. The minimum Gasteiger partial charge on any atom is -0.337 e. The summed E-state index contributed by atoms with van der Waals surface area (Å²) < 4.78 is 5.19. The van der Waals surface area contributed by atoms with Crippen molar-refractivity contribution < 1.29 is 4.52 Å². The second-order valence-corrected chi connectivity index (χ2v) is 4.24. The number of nitrogens with two attached hydrogens (primary N) is 1. The maximum Gasteiger partial charge on any atom is 0.246 e. The zero-order valence-corrected chi connectivity index (χ0v) is 7.49. The van der Waals surface area contributed by atoms with Crippen LogP contribution < -0.4 is 5.73 Å². The molecule has 2 N–H and O–H groups in total. The van der Waals surface area contributed by atoms with Crippen LogP contribution in [0.1, 0.15) is 49.7 Å². The molecule has 0 spiro atoms. The Labute approximate surface area is 76.5 Å². The zero-order valence-electron chi connectivity index (χ0n) is 7.49. The second kappa shape index (κ2) is 2.32. The third-order valence-electron chi connectivity index (χ3n) is 3.06. The van der Waals surface area contributed by atoms with Crippen LogP contribution >= 0.6 is 0 Å². The summed E-state index contributed by atoms with van der Waals surface area (Å²) >= 11 is 0. The van der Waals surface area contributed by atoms with E-state index in [1.54, 1.807) is 0 Å². The Morgan fingerprint density at radius 2 is 2.15 bits per heavy atom. The van der Waals surface area contributed by atoms with E-state index in [1.807, 2.05) is 0 Å². The highest BCUT2D eigenvalue weighted by Crippen LogP contribution is 2.41. The SMILES string of the molecule is NC1(c2nc(C3CC3)no2)CCC1. The van der Waals surface area contributed by atoms with Crippen LogP contribution in [0.25, 0.3) is 0 Å². The smallest absolute Gasteiger partial charge is 0.246 e. The summed E-state index contributed by atoms with van der Waals surface area (Å²) in [5.41, 5.74) is 5.77. The Kier molecular flexibility index (Phi) is 1.34. The van der Waals surface area contributed by atoms with Gasteiger partial charge >= 0.3 is 0 Å². The van der Waals surface area contributed by atoms with E-state index in [9.17, 15) is 0 Å². The van der Waals surface area contributed by atoms with Gasteiger partial charge in [0.25, 0.3) is 0 Å². The molecule has 1 aromatic rings. The lowest BCUT2D eigenvalue weighted by Crippen LogP contribution is -2.43. The molecular formula is C9H13N3O. The fourth-order valence-corrected chi connectivity index (χ4v) is 1.72. The first kappa shape index (κ1) is 7.50. The van der Waals surface area contributed by atoms with Gasteiger partial charge in [-0.2, -0.15) is 4.98 Å². The number of hydrogen-bond acceptors (Lipinski definition) is 4. The van der Waals surface area contributed by atoms with Crippen LogP contribution in [0.5, 0.6) is 0 Å². The van der Waals surface area contributed by atoms with Gasteiger partial charge in [-0.15, -0.1) is 0 Å². The lowest BCUT2D eigenvalue weighted by molar-refractivity contribution is 0.181. The topological polar surface area (TPSA) is 64.9 Å². The fraction of sp³-hybridized carbons (Fsp3) is 0.778. The molecule has 2 aliphatic rings. The van der Waals surface area contributed by atoms with Gasteiger partial charge in [0.1, 0.15) is 0 Å². The first-order chi connectivity index (χ1) is 6.28. The number of aromatic nitrogens is 2. The minimum absolute atomic E-state index is 0.292. The van der Waals surface area contributed by atoms with Gasteiger partial charge in [-0.1, -0.05) is 5.16 Å². The molecule has 0 radical (unpaired) electrons. The van der Waals surface area contributed by atoms with E-state index in [0.717, 1.165) is 18.7 Å². The van der Waals surface area contributed by atoms with E-state index in [0.29, 0.717) is 11.8 Å². The summed E-state index contributed by atoms with van der Waals surface area (Å²) in [4.78, 5) is 4.36. The highest BCUT2D eigenvalue weighted by atomic mass is 16.5. The largest absolute Gasteiger partial charge is 0.337 e. The molecule has 2 aliphatic carbocycles. The van der Waals surface area contributed by atoms with E-state index in [-0.39, 0.29) is 5.54 Å². The van der Waals surface area contributed by atoms with Crippen LogP contribution in [-0.4, -0.2) is 10.1 Å². The van der Waals surface area contributed by atoms with E-state index >= 15 is 0 Å². The lowest BCUT2D eigenvalue weighted by Gasteiger charge is -2.33. The molecule has 1 heterocycles. The molecule has 0 bridgehead atoms. The molecule has 0 aliphatic heterocycles. The maximum atomic E-state index is 6.06. The van der Waals surface area contributed by atoms with Crippen molar-refractivity contribution in [1.82, 2.24) is 10.1 Å². The molecule has 0 unspecified atom stereocenters. The van der Waals surface area contributed by atoms with Crippen LogP contribution in [0.4, 0.5) is 0 Å². The number of nitrogens with zero attached hydrogens (tertiary/aromatic N) is 2. The molecule has 2 fully saturated rings. The molecule has 0 saturated heterocycles. The van der Waals surface area contributed by atoms with Crippen LogP contribution in [0, 0.1) is 0 Å². The van der Waals surface area contributed by atoms with Gasteiger partial charge in [0.2, 0.25) is 5.89 Å². The average molecular weight is 179 g/mol. The van der Waals surface area contributed by atoms with Gasteiger partial charge in [-0.05, 0) is 32.1 Å². The van der Waals surface area contributed by atoms with Crippen molar-refractivity contribution in [2.24, 2.45) is 5.73 Å². The van der Waals surface area contributed by atoms with Crippen molar-refractivity contribution in [2.75, 3.05) is 0 Å². The van der Waals surface area contributed by atoms with Gasteiger partial charge in [0, 0.05) is 5.92 Å². The summed E-state index contributed by atoms with van der Waals surface area (Å²) in [5, 5.41) is 3.96. The van der Waals surface area contributed by atoms with Crippen LogP contribution in [0.3, 0.4) is 0 Å². The summed E-state index contributed by atoms with van der Waals surface area (Å²) in [6.45, 7) is 0. The first-order valence-electron chi connectivity index (χ1n) is 4.91. The maximum absolute atomic E-state index is 6.06. The first-order valence-corrected chi connectivity index (χ1v) is 4.91. The van der Waals surface area contributed by atoms with E-state index in [2.05, 4.69) is 10.1 Å². The third kappa shape index (κ3) is 1.09. The Balaban J connectivity index is 1.87. The van der Waals surface area contributed by atoms with Crippen molar-refractivity contribution in [3.8, 4) is 0 Å². The Morgan fingerprint density at radius 3 is 2.69 bits per heavy atom. The molecular weight excluding hydrogens is 166 g/mol. The molecule has 4 heteroatoms. The second-order valence-electron chi connectivity index (χ2n) is 4.24. The van der Waals surface area contributed by atoms with E-state index in [1.165, 1.54) is 19.3 Å². The van der Waals surface area contributed by atoms with Crippen molar-refractivity contribution in [3.63, 3.8) is 0 Å². The summed E-state index contributed by atoms with van der Waals surface area (Å²) in [6, 6.07) is 0. The highest BCUT2D eigenvalue weighted by molar-refractivity contribution is 5.10. The summed E-state index contributed by atoms with van der Waals surface area (Å²) in [7, 11) is 0. The van der Waals surface area contributed by atoms with Crippen molar-refractivity contribution in [3.05, 3.63) is 11.7 Å². The summed E-state index contributed by atoms with van der Waals surface area (Å²) in [5.74, 6) is 2.08. The average Bonchev–Trinajstić information content (AvgIpc) is 2.80. The van der Waals surface area contributed by atoms with Gasteiger partial charge in [-0.3, -0.25) is 0 Å². The molecule has 0 amide bonds. The Hall–Kier alpha value is -0.900. The monoisotopic (exact) mass is 179 g/mol. The minimum atomic E-state index is -0.292. The fourth-order valence-electron chi connectivity index (χ4n) is 1.72. The molecule has 13 heavy (non-hydrogen) atoms. The van der Waals surface area contributed by atoms with Gasteiger partial charge in [0.15, 0.2) is 5.82 Å². The third-order valence-corrected chi connectivity index (χ3v) is 3.06. The Bertz CT molecular complexity index is 325. The van der Waals surface area contributed by atoms with E-state index in [4.69, 9.17) is 10.3 Å². The van der Waals surface area contributed by atoms with Crippen molar-refractivity contribution in [2.45, 2.75) is 43.6 Å². The molecule has 2 saturated carbocycles. The normalized spacial score (nSPS) is 25.6. The molecule has 70 valence electrons. The number of rotatable bonds is 2. The predicted molar refractivity (Wildman–Crippen MR) is 46.0 cm³/mol. The molecule has 0 aromatic carbocycles. The van der Waals surface area contributed by atoms with Crippen LogP contribution in [-0.2, 0) is 5.54 Å². The predicted octanol–water partition coefficient (Wildman–Crippen LogP) is 1.28. The highest BCUT2D eigenvalue weighted by Gasteiger charge is 2.41. The lowest BCUT2D eigenvalue weighted by atomic mass is 9.78. The van der Waals surface area contributed by atoms with Gasteiger partial charge < -0.3 is 10.3 Å². The Morgan fingerprint density at radius 1 is 1.38 bits per heavy atom. The van der Waals surface area contributed by atoms with Crippen molar-refractivity contribution in [1.29, 1.82) is 0 Å². The molecule has 3 rings (SSSR count). The molecule has 0 atom stereocenters. The summed E-state index contributed by atoms with van der Waals surface area (Å²) in [6.07, 6.45) is 5.56. The standard InChI is InChI=1S/C9H13N3O/c10-9(4-1-5-9)8-11-7(12-13-8)6-2-3-6/h6H,1-5,10H2. The molecule has 1 aromatic heterocycles. The van der Waals surface area contributed by atoms with Crippen LogP contribution in [0.2, 0.25) is 0 Å². The van der Waals surface area contributed by atoms with Gasteiger partial charge in [0.05, 0.1) is 5.54 Å². The van der Waals surface area contributed by atoms with E-state index < -0.39 is 0 Å². The molecule has 4 nitrogen and oxygen atoms in total. The number of hydrogen-bond donors (Lipinski definition) is 1. The van der Waals surface area contributed by atoms with Crippen LogP contribution in [0.15, 0.2) is 4.52 Å². The quantitative estimate of drug-likeness (QED) is 0.742.